The molecule has 0 saturated carbocycles. The van der Waals surface area contributed by atoms with Crippen LogP contribution in [0, 0.1) is 5.41 Å². The van der Waals surface area contributed by atoms with Gasteiger partial charge in [0, 0.05) is 52.1 Å². The number of fused-ring (bicyclic) bond motifs is 1. The molecule has 152 valence electrons. The summed E-state index contributed by atoms with van der Waals surface area (Å²) in [5.74, 6) is -2.64. The van der Waals surface area contributed by atoms with Gasteiger partial charge in [0.1, 0.15) is 0 Å². The molecule has 1 aromatic heterocycles. The number of carbonyl (C=O) groups excluding carboxylic acids is 1. The molecule has 2 N–H and O–H groups in total. The van der Waals surface area contributed by atoms with E-state index in [9.17, 15) is 18.0 Å². The number of nitrogens with zero attached hydrogens (tertiary/aromatic N) is 3. The van der Waals surface area contributed by atoms with Crippen molar-refractivity contribution in [1.82, 2.24) is 20.0 Å². The third kappa shape index (κ3) is 4.98. The average Bonchev–Trinajstić information content (AvgIpc) is 3.20. The summed E-state index contributed by atoms with van der Waals surface area (Å²) in [7, 11) is 3.64. The molecule has 0 aromatic carbocycles. The number of carbonyl (C=O) groups is 2. The molecule has 8 nitrogen and oxygen atoms in total. The smallest absolute Gasteiger partial charge is 0.475 e. The molecule has 3 heterocycles. The van der Waals surface area contributed by atoms with Gasteiger partial charge in [-0.25, -0.2) is 4.79 Å². The van der Waals surface area contributed by atoms with Gasteiger partial charge < -0.3 is 15.2 Å². The second-order valence-corrected chi connectivity index (χ2v) is 6.67. The van der Waals surface area contributed by atoms with Crippen molar-refractivity contribution in [3.05, 3.63) is 18.0 Å². The minimum Gasteiger partial charge on any atom is -0.475 e. The van der Waals surface area contributed by atoms with Crippen LogP contribution in [0.2, 0.25) is 0 Å². The quantitative estimate of drug-likeness (QED) is 0.789. The number of piperidine rings is 1. The van der Waals surface area contributed by atoms with Crippen LogP contribution in [0.25, 0.3) is 0 Å². The highest BCUT2D eigenvalue weighted by atomic mass is 19.4. The Morgan fingerprint density at radius 2 is 2.15 bits per heavy atom. The summed E-state index contributed by atoms with van der Waals surface area (Å²) in [6.45, 7) is 3.28. The Morgan fingerprint density at radius 3 is 2.67 bits per heavy atom. The van der Waals surface area contributed by atoms with E-state index in [-0.39, 0.29) is 17.4 Å². The molecule has 11 heteroatoms. The van der Waals surface area contributed by atoms with E-state index in [0.717, 1.165) is 32.5 Å². The first kappa shape index (κ1) is 21.2. The number of amides is 1. The van der Waals surface area contributed by atoms with E-state index in [2.05, 4.69) is 15.3 Å². The number of hydrogen-bond acceptors (Lipinski definition) is 5. The zero-order valence-electron chi connectivity index (χ0n) is 15.1. The number of rotatable bonds is 3. The summed E-state index contributed by atoms with van der Waals surface area (Å²) in [5.41, 5.74) is 0.826. The normalized spacial score (nSPS) is 25.3. The number of alkyl halides is 3. The standard InChI is InChI=1S/C14H22N4O2.C2HF3O2/c1-15-13(19)14-4-6-20-12(14)3-5-18(10-14)9-11-7-16-17(2)8-11;3-2(4,5)1(6)7/h7-8,12H,3-6,9-10H2,1-2H3,(H,15,19);(H,6,7)/t12-,14-;/m1./s1. The predicted molar refractivity (Wildman–Crippen MR) is 87.6 cm³/mol. The van der Waals surface area contributed by atoms with Crippen LogP contribution in [0.4, 0.5) is 13.2 Å². The molecule has 2 fully saturated rings. The van der Waals surface area contributed by atoms with E-state index < -0.39 is 12.1 Å². The molecular formula is C16H23F3N4O4. The summed E-state index contributed by atoms with van der Waals surface area (Å²) in [5, 5.41) is 14.2. The maximum atomic E-state index is 12.3. The van der Waals surface area contributed by atoms with Gasteiger partial charge in [-0.2, -0.15) is 18.3 Å². The van der Waals surface area contributed by atoms with E-state index in [1.54, 1.807) is 7.05 Å². The number of hydrogen-bond donors (Lipinski definition) is 2. The highest BCUT2D eigenvalue weighted by Crippen LogP contribution is 2.41. The number of nitrogens with one attached hydrogen (secondary N) is 1. The van der Waals surface area contributed by atoms with Gasteiger partial charge in [-0.15, -0.1) is 0 Å². The monoisotopic (exact) mass is 392 g/mol. The second-order valence-electron chi connectivity index (χ2n) is 6.67. The Hall–Kier alpha value is -2.14. The number of halogens is 3. The van der Waals surface area contributed by atoms with E-state index in [0.29, 0.717) is 6.61 Å². The number of carboxylic acids is 1. The third-order valence-electron chi connectivity index (χ3n) is 4.78. The fraction of sp³-hybridized carbons (Fsp3) is 0.688. The summed E-state index contributed by atoms with van der Waals surface area (Å²) in [4.78, 5) is 23.6. The third-order valence-corrected chi connectivity index (χ3v) is 4.78. The zero-order valence-corrected chi connectivity index (χ0v) is 15.1. The maximum absolute atomic E-state index is 12.3. The maximum Gasteiger partial charge on any atom is 0.490 e. The predicted octanol–water partition coefficient (Wildman–Crippen LogP) is 0.780. The van der Waals surface area contributed by atoms with Crippen LogP contribution in [0.1, 0.15) is 18.4 Å². The molecular weight excluding hydrogens is 369 g/mol. The lowest BCUT2D eigenvalue weighted by molar-refractivity contribution is -0.192. The summed E-state index contributed by atoms with van der Waals surface area (Å²) < 4.78 is 39.3. The highest BCUT2D eigenvalue weighted by Gasteiger charge is 2.52. The molecule has 1 aromatic rings. The van der Waals surface area contributed by atoms with Gasteiger partial charge in [-0.3, -0.25) is 14.4 Å². The van der Waals surface area contributed by atoms with E-state index >= 15 is 0 Å². The minimum atomic E-state index is -5.08. The van der Waals surface area contributed by atoms with Gasteiger partial charge in [-0.1, -0.05) is 0 Å². The molecule has 0 unspecified atom stereocenters. The van der Waals surface area contributed by atoms with Crippen LogP contribution < -0.4 is 5.32 Å². The molecule has 1 amide bonds. The highest BCUT2D eigenvalue weighted by molar-refractivity contribution is 5.83. The number of ether oxygens (including phenoxy) is 1. The number of aromatic nitrogens is 2. The van der Waals surface area contributed by atoms with E-state index in [1.165, 1.54) is 5.56 Å². The van der Waals surface area contributed by atoms with Crippen molar-refractivity contribution in [2.75, 3.05) is 26.7 Å². The van der Waals surface area contributed by atoms with Crippen molar-refractivity contribution in [2.45, 2.75) is 31.7 Å². The van der Waals surface area contributed by atoms with Crippen LogP contribution in [-0.2, 0) is 27.9 Å². The van der Waals surface area contributed by atoms with Gasteiger partial charge in [0.15, 0.2) is 0 Å². The lowest BCUT2D eigenvalue weighted by Gasteiger charge is -2.42. The summed E-state index contributed by atoms with van der Waals surface area (Å²) >= 11 is 0. The van der Waals surface area contributed by atoms with Crippen molar-refractivity contribution in [2.24, 2.45) is 12.5 Å². The van der Waals surface area contributed by atoms with Crippen molar-refractivity contribution in [3.63, 3.8) is 0 Å². The number of aliphatic carboxylic acids is 1. The van der Waals surface area contributed by atoms with Gasteiger partial charge in [0.25, 0.3) is 0 Å². The Bertz CT molecular complexity index is 679. The minimum absolute atomic E-state index is 0.0765. The molecule has 3 rings (SSSR count). The Labute approximate surface area is 154 Å². The van der Waals surface area contributed by atoms with Crippen LogP contribution in [0.15, 0.2) is 12.4 Å². The number of likely N-dealkylation sites (tertiary alicyclic amines) is 1. The topological polar surface area (TPSA) is 96.7 Å². The number of aryl methyl sites for hydroxylation is 1. The Kier molecular flexibility index (Phi) is 6.47. The van der Waals surface area contributed by atoms with Gasteiger partial charge >= 0.3 is 12.1 Å². The van der Waals surface area contributed by atoms with E-state index in [4.69, 9.17) is 14.6 Å². The molecule has 2 aliphatic heterocycles. The number of carboxylic acid groups (broad SMARTS) is 1. The van der Waals surface area contributed by atoms with Crippen LogP contribution >= 0.6 is 0 Å². The van der Waals surface area contributed by atoms with Crippen molar-refractivity contribution in [3.8, 4) is 0 Å². The zero-order chi connectivity index (χ0) is 20.2. The van der Waals surface area contributed by atoms with Crippen molar-refractivity contribution < 1.29 is 32.6 Å². The van der Waals surface area contributed by atoms with Crippen LogP contribution in [-0.4, -0.2) is 70.7 Å². The molecule has 0 bridgehead atoms. The fourth-order valence-corrected chi connectivity index (χ4v) is 3.55. The first-order valence-electron chi connectivity index (χ1n) is 8.42. The lowest BCUT2D eigenvalue weighted by atomic mass is 9.75. The van der Waals surface area contributed by atoms with Crippen LogP contribution in [0.5, 0.6) is 0 Å². The molecule has 2 atom stereocenters. The Balaban J connectivity index is 0.000000321. The molecule has 2 saturated heterocycles. The summed E-state index contributed by atoms with van der Waals surface area (Å²) in [6.07, 6.45) is 0.662. The average molecular weight is 392 g/mol. The molecule has 0 spiro atoms. The first-order valence-corrected chi connectivity index (χ1v) is 8.42. The van der Waals surface area contributed by atoms with Gasteiger partial charge in [0.05, 0.1) is 17.7 Å². The lowest BCUT2D eigenvalue weighted by Crippen LogP contribution is -2.56. The first-order chi connectivity index (χ1) is 12.6. The van der Waals surface area contributed by atoms with Crippen molar-refractivity contribution in [1.29, 1.82) is 0 Å². The summed E-state index contributed by atoms with van der Waals surface area (Å²) in [6, 6.07) is 0. The SMILES string of the molecule is CNC(=O)[C@@]12CCO[C@@H]1CCN(Cc1cnn(C)c1)C2.O=C(O)C(F)(F)F. The molecule has 0 aliphatic carbocycles. The molecule has 0 radical (unpaired) electrons. The Morgan fingerprint density at radius 1 is 1.48 bits per heavy atom. The molecule has 27 heavy (non-hydrogen) atoms. The van der Waals surface area contributed by atoms with Gasteiger partial charge in [-0.05, 0) is 12.8 Å². The molecule has 2 aliphatic rings. The second kappa shape index (κ2) is 8.26. The van der Waals surface area contributed by atoms with Gasteiger partial charge in [0.2, 0.25) is 5.91 Å². The largest absolute Gasteiger partial charge is 0.490 e. The fourth-order valence-electron chi connectivity index (χ4n) is 3.55. The van der Waals surface area contributed by atoms with Crippen LogP contribution in [0.3, 0.4) is 0 Å². The van der Waals surface area contributed by atoms with E-state index in [1.807, 2.05) is 24.1 Å². The van der Waals surface area contributed by atoms with Crippen molar-refractivity contribution >= 4 is 11.9 Å².